The van der Waals surface area contributed by atoms with Crippen molar-refractivity contribution < 1.29 is 135 Å². The molecular formula is C18H30Li4N4O12. The number of aliphatic hydroxyl groups is 2. The fourth-order valence-electron chi connectivity index (χ4n) is 3.34. The molecule has 0 spiro atoms. The normalized spacial score (nSPS) is 13.5. The first-order chi connectivity index (χ1) is 15.9. The Labute approximate surface area is 268 Å². The van der Waals surface area contributed by atoms with Gasteiger partial charge in [-0.25, -0.2) is 0 Å². The van der Waals surface area contributed by atoms with Crippen molar-refractivity contribution in [3.63, 3.8) is 0 Å². The largest absolute Gasteiger partial charge is 1.00 e. The number of hydrogen-bond acceptors (Lipinski definition) is 16. The van der Waals surface area contributed by atoms with Crippen LogP contribution in [0, 0.1) is 0 Å². The van der Waals surface area contributed by atoms with E-state index in [9.17, 15) is 49.8 Å². The molecule has 0 fully saturated rings. The number of nitrogens with zero attached hydrogens (tertiary/aromatic N) is 2. The smallest absolute Gasteiger partial charge is 0.549 e. The fourth-order valence-corrected chi connectivity index (χ4v) is 3.34. The zero-order valence-corrected chi connectivity index (χ0v) is 22.5. The molecule has 0 heterocycles. The number of carbonyl (C=O) groups excluding carboxylic acids is 4. The van der Waals surface area contributed by atoms with E-state index in [0.29, 0.717) is 9.80 Å². The van der Waals surface area contributed by atoms with Crippen molar-refractivity contribution in [2.24, 2.45) is 11.5 Å². The summed E-state index contributed by atoms with van der Waals surface area (Å²) in [6.07, 6.45) is 0. The van der Waals surface area contributed by atoms with Crippen LogP contribution in [0.15, 0.2) is 0 Å². The molecule has 2 unspecified atom stereocenters. The van der Waals surface area contributed by atoms with Crippen molar-refractivity contribution in [1.29, 1.82) is 0 Å². The standard InChI is InChI=1S/C18H34N4O12.4Li/c19-1-3-33-9-12(21(5-14(24)25)6-15(26)27)18(32,11-23)13(10-34-4-2-20)22(7-16(28)29)8-17(30)31;;;;/h12-13,23,32H,1-11,19-20H2,(H,24,25)(H,26,27)(H,28,29)(H,30,31);;;;/q;4*+1/p-4. The van der Waals surface area contributed by atoms with Gasteiger partial charge in [-0.15, -0.1) is 0 Å². The molecule has 0 aromatic carbocycles. The van der Waals surface area contributed by atoms with Gasteiger partial charge >= 0.3 is 75.4 Å². The second-order valence-corrected chi connectivity index (χ2v) is 7.21. The van der Waals surface area contributed by atoms with Gasteiger partial charge in [0.15, 0.2) is 0 Å². The van der Waals surface area contributed by atoms with E-state index in [4.69, 9.17) is 20.9 Å². The van der Waals surface area contributed by atoms with Crippen molar-refractivity contribution in [3.8, 4) is 0 Å². The van der Waals surface area contributed by atoms with E-state index in [-0.39, 0.29) is 102 Å². The van der Waals surface area contributed by atoms with Gasteiger partial charge in [-0.1, -0.05) is 0 Å². The molecule has 2 atom stereocenters. The summed E-state index contributed by atoms with van der Waals surface area (Å²) in [6.45, 7) is -7.08. The number of carbonyl (C=O) groups is 4. The molecule has 198 valence electrons. The van der Waals surface area contributed by atoms with Gasteiger partial charge in [0.05, 0.1) is 69.0 Å². The maximum absolute atomic E-state index is 11.5. The summed E-state index contributed by atoms with van der Waals surface area (Å²) in [5.41, 5.74) is 8.07. The van der Waals surface area contributed by atoms with E-state index in [1.54, 1.807) is 0 Å². The van der Waals surface area contributed by atoms with Crippen LogP contribution in [-0.4, -0.2) is 134 Å². The monoisotopic (exact) mass is 522 g/mol. The van der Waals surface area contributed by atoms with Gasteiger partial charge < -0.3 is 70.8 Å². The third-order valence-corrected chi connectivity index (χ3v) is 4.69. The molecule has 0 aliphatic heterocycles. The zero-order chi connectivity index (χ0) is 26.3. The van der Waals surface area contributed by atoms with Crippen LogP contribution in [0.4, 0.5) is 0 Å². The molecule has 6 N–H and O–H groups in total. The summed E-state index contributed by atoms with van der Waals surface area (Å²) in [4.78, 5) is 46.3. The Kier molecular flexibility index (Phi) is 32.5. The molecule has 0 amide bonds. The molecule has 0 saturated heterocycles. The van der Waals surface area contributed by atoms with Gasteiger partial charge in [-0.3, -0.25) is 9.80 Å². The van der Waals surface area contributed by atoms with Crippen LogP contribution in [0.3, 0.4) is 0 Å². The molecule has 0 aliphatic rings. The second-order valence-electron chi connectivity index (χ2n) is 7.21. The number of aliphatic hydroxyl groups excluding tert-OH is 1. The number of rotatable bonds is 21. The predicted octanol–water partition coefficient (Wildman–Crippen LogP) is -22.0. The van der Waals surface area contributed by atoms with Crippen LogP contribution >= 0.6 is 0 Å². The second kappa shape index (κ2) is 25.9. The Morgan fingerprint density at radius 1 is 0.684 bits per heavy atom. The van der Waals surface area contributed by atoms with Crippen LogP contribution in [0.1, 0.15) is 0 Å². The Hall–Kier alpha value is -0.0504. The van der Waals surface area contributed by atoms with E-state index in [1.807, 2.05) is 0 Å². The summed E-state index contributed by atoms with van der Waals surface area (Å²) in [5, 5.41) is 66.7. The summed E-state index contributed by atoms with van der Waals surface area (Å²) in [6, 6.07) is -3.37. The molecule has 0 aromatic heterocycles. The molecule has 20 heteroatoms. The number of carboxylic acids is 4. The number of aliphatic carboxylic acids is 4. The molecule has 0 bridgehead atoms. The van der Waals surface area contributed by atoms with E-state index in [2.05, 4.69) is 0 Å². The summed E-state index contributed by atoms with van der Waals surface area (Å²) in [5.74, 6) is -7.05. The maximum Gasteiger partial charge on any atom is 1.00 e. The Morgan fingerprint density at radius 2 is 0.947 bits per heavy atom. The summed E-state index contributed by atoms with van der Waals surface area (Å²) >= 11 is 0. The minimum absolute atomic E-state index is 0. The molecule has 0 saturated carbocycles. The minimum atomic E-state index is -2.63. The Morgan fingerprint density at radius 3 is 1.13 bits per heavy atom. The van der Waals surface area contributed by atoms with Gasteiger partial charge in [-0.2, -0.15) is 0 Å². The van der Waals surface area contributed by atoms with Crippen molar-refractivity contribution in [3.05, 3.63) is 0 Å². The fraction of sp³-hybridized carbons (Fsp3) is 0.778. The van der Waals surface area contributed by atoms with Crippen LogP contribution in [0.5, 0.6) is 0 Å². The van der Waals surface area contributed by atoms with Crippen LogP contribution in [-0.2, 0) is 28.7 Å². The van der Waals surface area contributed by atoms with E-state index < -0.39 is 87.6 Å². The number of hydrogen-bond donors (Lipinski definition) is 4. The average Bonchev–Trinajstić information content (AvgIpc) is 2.71. The molecule has 0 radical (unpaired) electrons. The van der Waals surface area contributed by atoms with Crippen molar-refractivity contribution in [1.82, 2.24) is 9.80 Å². The Balaban J connectivity index is -0.000000907. The third kappa shape index (κ3) is 18.3. The van der Waals surface area contributed by atoms with Gasteiger partial charge in [-0.05, 0) is 0 Å². The van der Waals surface area contributed by atoms with Crippen molar-refractivity contribution in [2.75, 3.05) is 72.3 Å². The van der Waals surface area contributed by atoms with Crippen LogP contribution in [0.25, 0.3) is 0 Å². The van der Waals surface area contributed by atoms with Crippen molar-refractivity contribution in [2.45, 2.75) is 17.7 Å². The summed E-state index contributed by atoms with van der Waals surface area (Å²) in [7, 11) is 0. The summed E-state index contributed by atoms with van der Waals surface area (Å²) < 4.78 is 10.5. The number of nitrogens with two attached hydrogens (primary N) is 2. The molecule has 16 nitrogen and oxygen atoms in total. The first kappa shape index (κ1) is 47.7. The topological polar surface area (TPSA) is 278 Å². The third-order valence-electron chi connectivity index (χ3n) is 4.69. The first-order valence-corrected chi connectivity index (χ1v) is 10.1. The predicted molar refractivity (Wildman–Crippen MR) is 103 cm³/mol. The minimum Gasteiger partial charge on any atom is -0.549 e. The van der Waals surface area contributed by atoms with Crippen molar-refractivity contribution >= 4 is 23.9 Å². The van der Waals surface area contributed by atoms with Gasteiger partial charge in [0.1, 0.15) is 5.60 Å². The zero-order valence-electron chi connectivity index (χ0n) is 22.5. The van der Waals surface area contributed by atoms with E-state index in [1.165, 1.54) is 0 Å². The van der Waals surface area contributed by atoms with Gasteiger partial charge in [0, 0.05) is 39.3 Å². The molecule has 0 aromatic rings. The quantitative estimate of drug-likeness (QED) is 0.0804. The first-order valence-electron chi connectivity index (χ1n) is 10.1. The molecule has 38 heavy (non-hydrogen) atoms. The Bertz CT molecular complexity index is 601. The number of ether oxygens (including phenoxy) is 2. The van der Waals surface area contributed by atoms with Crippen LogP contribution in [0.2, 0.25) is 0 Å². The maximum atomic E-state index is 11.5. The van der Waals surface area contributed by atoms with E-state index in [0.717, 1.165) is 0 Å². The molecular weight excluding hydrogens is 492 g/mol. The number of carboxylic acid groups (broad SMARTS) is 4. The van der Waals surface area contributed by atoms with Gasteiger partial charge in [0.2, 0.25) is 0 Å². The average molecular weight is 522 g/mol. The SMILES string of the molecule is NCCOCC(N(CC(=O)[O-])CC(=O)[O-])C(O)(CO)C(COCCN)N(CC(=O)[O-])CC(=O)[O-].[Li+].[Li+].[Li+].[Li+]. The van der Waals surface area contributed by atoms with Crippen LogP contribution < -0.4 is 107 Å². The van der Waals surface area contributed by atoms with Gasteiger partial charge in [0.25, 0.3) is 0 Å². The van der Waals surface area contributed by atoms with E-state index >= 15 is 0 Å². The molecule has 0 rings (SSSR count). The molecule has 0 aliphatic carbocycles.